The van der Waals surface area contributed by atoms with Gasteiger partial charge in [-0.1, -0.05) is 13.0 Å². The predicted molar refractivity (Wildman–Crippen MR) is 63.1 cm³/mol. The van der Waals surface area contributed by atoms with Crippen molar-refractivity contribution in [3.63, 3.8) is 0 Å². The van der Waals surface area contributed by atoms with Crippen molar-refractivity contribution in [2.45, 2.75) is 25.8 Å². The van der Waals surface area contributed by atoms with Crippen molar-refractivity contribution in [3.8, 4) is 0 Å². The molecule has 2 rings (SSSR count). The summed E-state index contributed by atoms with van der Waals surface area (Å²) in [6.07, 6.45) is 3.97. The Morgan fingerprint density at radius 1 is 1.33 bits per heavy atom. The Morgan fingerprint density at radius 3 is 2.93 bits per heavy atom. The number of furan rings is 1. The lowest BCUT2D eigenvalue weighted by atomic mass is 10.0. The van der Waals surface area contributed by atoms with Gasteiger partial charge in [-0.15, -0.1) is 0 Å². The topological polar surface area (TPSA) is 25.2 Å². The van der Waals surface area contributed by atoms with Crippen molar-refractivity contribution < 1.29 is 4.42 Å². The van der Waals surface area contributed by atoms with Crippen molar-refractivity contribution in [2.75, 3.05) is 7.05 Å². The predicted octanol–water partition coefficient (Wildman–Crippen LogP) is 2.97. The molecule has 0 fully saturated rings. The van der Waals surface area contributed by atoms with Crippen LogP contribution in [0.2, 0.25) is 0 Å². The van der Waals surface area contributed by atoms with Crippen LogP contribution in [0.5, 0.6) is 0 Å². The van der Waals surface area contributed by atoms with Gasteiger partial charge in [-0.2, -0.15) is 0 Å². The normalized spacial score (nSPS) is 13.2. The molecule has 80 valence electrons. The summed E-state index contributed by atoms with van der Waals surface area (Å²) in [4.78, 5) is 0. The lowest BCUT2D eigenvalue weighted by molar-refractivity contribution is 0.543. The average Bonchev–Trinajstić information content (AvgIpc) is 2.73. The SMILES string of the molecule is CC[C@H](Cc1ccc2occc2c1)NC. The van der Waals surface area contributed by atoms with Gasteiger partial charge in [0.1, 0.15) is 5.58 Å². The minimum Gasteiger partial charge on any atom is -0.464 e. The first kappa shape index (κ1) is 10.2. The van der Waals surface area contributed by atoms with Gasteiger partial charge in [-0.05, 0) is 43.7 Å². The second kappa shape index (κ2) is 4.49. The van der Waals surface area contributed by atoms with Crippen LogP contribution >= 0.6 is 0 Å². The monoisotopic (exact) mass is 203 g/mol. The van der Waals surface area contributed by atoms with Gasteiger partial charge in [0.05, 0.1) is 6.26 Å². The number of nitrogens with one attached hydrogen (secondary N) is 1. The first-order chi connectivity index (χ1) is 7.33. The Kier molecular flexibility index (Phi) is 3.07. The molecular weight excluding hydrogens is 186 g/mol. The maximum Gasteiger partial charge on any atom is 0.133 e. The Bertz CT molecular complexity index is 429. The summed E-state index contributed by atoms with van der Waals surface area (Å²) in [5, 5.41) is 4.51. The Morgan fingerprint density at radius 2 is 2.20 bits per heavy atom. The molecule has 0 bridgehead atoms. The molecule has 0 aliphatic rings. The molecule has 0 saturated carbocycles. The van der Waals surface area contributed by atoms with Crippen LogP contribution in [0, 0.1) is 0 Å². The molecule has 0 aliphatic carbocycles. The molecule has 1 aromatic carbocycles. The minimum absolute atomic E-state index is 0.564. The van der Waals surface area contributed by atoms with E-state index in [9.17, 15) is 0 Å². The van der Waals surface area contributed by atoms with E-state index >= 15 is 0 Å². The van der Waals surface area contributed by atoms with Crippen LogP contribution in [0.1, 0.15) is 18.9 Å². The molecule has 1 aromatic heterocycles. The third kappa shape index (κ3) is 2.21. The lowest BCUT2D eigenvalue weighted by Crippen LogP contribution is -2.26. The quantitative estimate of drug-likeness (QED) is 0.826. The lowest BCUT2D eigenvalue weighted by Gasteiger charge is -2.13. The zero-order valence-corrected chi connectivity index (χ0v) is 9.29. The van der Waals surface area contributed by atoms with E-state index in [4.69, 9.17) is 4.42 Å². The van der Waals surface area contributed by atoms with E-state index in [2.05, 4.69) is 24.4 Å². The maximum atomic E-state index is 5.31. The van der Waals surface area contributed by atoms with E-state index in [1.54, 1.807) is 6.26 Å². The van der Waals surface area contributed by atoms with Crippen molar-refractivity contribution in [1.82, 2.24) is 5.32 Å². The molecule has 2 aromatic rings. The van der Waals surface area contributed by atoms with Crippen LogP contribution in [0.25, 0.3) is 11.0 Å². The molecule has 2 nitrogen and oxygen atoms in total. The first-order valence-electron chi connectivity index (χ1n) is 5.47. The molecule has 1 heterocycles. The highest BCUT2D eigenvalue weighted by Gasteiger charge is 2.05. The molecule has 15 heavy (non-hydrogen) atoms. The van der Waals surface area contributed by atoms with Crippen molar-refractivity contribution in [1.29, 1.82) is 0 Å². The molecular formula is C13H17NO. The van der Waals surface area contributed by atoms with Crippen LogP contribution < -0.4 is 5.32 Å². The molecule has 0 saturated heterocycles. The van der Waals surface area contributed by atoms with Gasteiger partial charge in [-0.25, -0.2) is 0 Å². The van der Waals surface area contributed by atoms with Crippen LogP contribution in [-0.4, -0.2) is 13.1 Å². The maximum absolute atomic E-state index is 5.31. The summed E-state index contributed by atoms with van der Waals surface area (Å²) in [6.45, 7) is 2.21. The van der Waals surface area contributed by atoms with Gasteiger partial charge >= 0.3 is 0 Å². The zero-order valence-electron chi connectivity index (χ0n) is 9.29. The molecule has 2 heteroatoms. The van der Waals surface area contributed by atoms with E-state index in [-0.39, 0.29) is 0 Å². The zero-order chi connectivity index (χ0) is 10.7. The third-order valence-corrected chi connectivity index (χ3v) is 2.90. The van der Waals surface area contributed by atoms with Crippen LogP contribution in [0.15, 0.2) is 34.9 Å². The highest BCUT2D eigenvalue weighted by Crippen LogP contribution is 2.18. The molecule has 0 unspecified atom stereocenters. The Balaban J connectivity index is 2.20. The van der Waals surface area contributed by atoms with Gasteiger partial charge in [-0.3, -0.25) is 0 Å². The number of hydrogen-bond donors (Lipinski definition) is 1. The third-order valence-electron chi connectivity index (χ3n) is 2.90. The largest absolute Gasteiger partial charge is 0.464 e. The number of rotatable bonds is 4. The van der Waals surface area contributed by atoms with Crippen LogP contribution in [0.3, 0.4) is 0 Å². The average molecular weight is 203 g/mol. The van der Waals surface area contributed by atoms with E-state index in [1.165, 1.54) is 10.9 Å². The first-order valence-corrected chi connectivity index (χ1v) is 5.47. The van der Waals surface area contributed by atoms with Gasteiger partial charge in [0.25, 0.3) is 0 Å². The fourth-order valence-electron chi connectivity index (χ4n) is 1.88. The van der Waals surface area contributed by atoms with Crippen molar-refractivity contribution >= 4 is 11.0 Å². The summed E-state index contributed by atoms with van der Waals surface area (Å²) in [7, 11) is 2.02. The summed E-state index contributed by atoms with van der Waals surface area (Å²) in [6, 6.07) is 8.98. The summed E-state index contributed by atoms with van der Waals surface area (Å²) in [5.41, 5.74) is 2.33. The van der Waals surface area contributed by atoms with E-state index in [0.717, 1.165) is 18.4 Å². The van der Waals surface area contributed by atoms with Crippen molar-refractivity contribution in [2.24, 2.45) is 0 Å². The molecule has 0 amide bonds. The molecule has 0 aliphatic heterocycles. The number of fused-ring (bicyclic) bond motifs is 1. The second-order valence-corrected chi connectivity index (χ2v) is 3.89. The smallest absolute Gasteiger partial charge is 0.133 e. The Hall–Kier alpha value is -1.28. The second-order valence-electron chi connectivity index (χ2n) is 3.89. The van der Waals surface area contributed by atoms with Crippen molar-refractivity contribution in [3.05, 3.63) is 36.1 Å². The van der Waals surface area contributed by atoms with Crippen LogP contribution in [0.4, 0.5) is 0 Å². The molecule has 1 atom stereocenters. The van der Waals surface area contributed by atoms with Gasteiger partial charge in [0, 0.05) is 11.4 Å². The van der Waals surface area contributed by atoms with E-state index < -0.39 is 0 Å². The van der Waals surface area contributed by atoms with Crippen LogP contribution in [-0.2, 0) is 6.42 Å². The molecule has 0 radical (unpaired) electrons. The standard InChI is InChI=1S/C13H17NO/c1-3-12(14-2)9-10-4-5-13-11(8-10)6-7-15-13/h4-8,12,14H,3,9H2,1-2H3/t12-/m1/s1. The van der Waals surface area contributed by atoms with E-state index in [1.807, 2.05) is 19.2 Å². The number of benzene rings is 1. The highest BCUT2D eigenvalue weighted by molar-refractivity contribution is 5.77. The highest BCUT2D eigenvalue weighted by atomic mass is 16.3. The van der Waals surface area contributed by atoms with E-state index in [0.29, 0.717) is 6.04 Å². The summed E-state index contributed by atoms with van der Waals surface area (Å²) >= 11 is 0. The minimum atomic E-state index is 0.564. The fraction of sp³-hybridized carbons (Fsp3) is 0.385. The molecule has 0 spiro atoms. The summed E-state index contributed by atoms with van der Waals surface area (Å²) in [5.74, 6) is 0. The fourth-order valence-corrected chi connectivity index (χ4v) is 1.88. The molecule has 1 N–H and O–H groups in total. The number of likely N-dealkylation sites (N-methyl/N-ethyl adjacent to an activating group) is 1. The summed E-state index contributed by atoms with van der Waals surface area (Å²) < 4.78 is 5.31. The van der Waals surface area contributed by atoms with Gasteiger partial charge in [0.2, 0.25) is 0 Å². The number of hydrogen-bond acceptors (Lipinski definition) is 2. The van der Waals surface area contributed by atoms with Gasteiger partial charge in [0.15, 0.2) is 0 Å². The Labute approximate surface area is 90.3 Å². The van der Waals surface area contributed by atoms with Gasteiger partial charge < -0.3 is 9.73 Å².